The zero-order chi connectivity index (χ0) is 12.1. The van der Waals surface area contributed by atoms with Crippen molar-refractivity contribution in [3.63, 3.8) is 0 Å². The average Bonchev–Trinajstić information content (AvgIpc) is 2.44. The van der Waals surface area contributed by atoms with E-state index >= 15 is 0 Å². The molecule has 0 radical (unpaired) electrons. The van der Waals surface area contributed by atoms with Gasteiger partial charge in [0.1, 0.15) is 0 Å². The van der Waals surface area contributed by atoms with Crippen LogP contribution in [0.3, 0.4) is 0 Å². The summed E-state index contributed by atoms with van der Waals surface area (Å²) < 4.78 is 0. The maximum absolute atomic E-state index is 3.28. The fraction of sp³-hybridized carbons (Fsp3) is 0.0588. The van der Waals surface area contributed by atoms with E-state index in [1.807, 2.05) is 7.05 Å². The third-order valence-corrected chi connectivity index (χ3v) is 3.80. The van der Waals surface area contributed by atoms with Crippen molar-refractivity contribution < 1.29 is 0 Å². The van der Waals surface area contributed by atoms with Gasteiger partial charge in [0.25, 0.3) is 0 Å². The first-order valence-electron chi connectivity index (χ1n) is 6.23. The minimum absolute atomic E-state index is 0. The second kappa shape index (κ2) is 9.48. The number of hydrogen-bond donors (Lipinski definition) is 1. The van der Waals surface area contributed by atoms with Crippen molar-refractivity contribution in [3.8, 4) is 0 Å². The van der Waals surface area contributed by atoms with E-state index in [0.717, 1.165) is 0 Å². The molecule has 0 aliphatic heterocycles. The van der Waals surface area contributed by atoms with Crippen molar-refractivity contribution in [3.05, 3.63) is 54.6 Å². The summed E-state index contributed by atoms with van der Waals surface area (Å²) in [6, 6.07) is 19.7. The second-order valence-corrected chi connectivity index (χ2v) is 4.72. The summed E-state index contributed by atoms with van der Waals surface area (Å²) in [5.41, 5.74) is 1.20. The molecular formula is C17H17ClNNa3. The second-order valence-electron chi connectivity index (χ2n) is 4.72. The first-order chi connectivity index (χ1) is 8.88. The summed E-state index contributed by atoms with van der Waals surface area (Å²) in [4.78, 5) is 0. The molecule has 0 fully saturated rings. The number of hydrogen-bond acceptors (Lipinski definition) is 1. The van der Waals surface area contributed by atoms with Crippen molar-refractivity contribution in [1.82, 2.24) is 0 Å². The molecule has 0 aliphatic carbocycles. The Kier molecular flexibility index (Phi) is 9.92. The van der Waals surface area contributed by atoms with Gasteiger partial charge in [0, 0.05) is 18.1 Å². The Labute approximate surface area is 203 Å². The summed E-state index contributed by atoms with van der Waals surface area (Å²) >= 11 is 0. The Balaban J connectivity index is 0.00000110. The Morgan fingerprint density at radius 3 is 1.73 bits per heavy atom. The van der Waals surface area contributed by atoms with Crippen LogP contribution in [-0.4, -0.2) is 95.7 Å². The molecule has 1 N–H and O–H groups in total. The summed E-state index contributed by atoms with van der Waals surface area (Å²) in [6.45, 7) is 0. The molecule has 100 valence electrons. The fourth-order valence-corrected chi connectivity index (χ4v) is 2.95. The van der Waals surface area contributed by atoms with Gasteiger partial charge in [-0.3, -0.25) is 0 Å². The molecule has 0 bridgehead atoms. The van der Waals surface area contributed by atoms with E-state index in [1.54, 1.807) is 0 Å². The van der Waals surface area contributed by atoms with Crippen LogP contribution >= 0.6 is 12.4 Å². The molecule has 0 heterocycles. The monoisotopic (exact) mass is 339 g/mol. The van der Waals surface area contributed by atoms with Gasteiger partial charge in [-0.05, 0) is 33.0 Å². The Morgan fingerprint density at radius 2 is 1.14 bits per heavy atom. The molecule has 0 amide bonds. The van der Waals surface area contributed by atoms with E-state index in [0.29, 0.717) is 0 Å². The number of anilines is 1. The van der Waals surface area contributed by atoms with Crippen LogP contribution in [0.15, 0.2) is 54.6 Å². The van der Waals surface area contributed by atoms with Crippen LogP contribution in [0.4, 0.5) is 5.69 Å². The van der Waals surface area contributed by atoms with E-state index in [-0.39, 0.29) is 101 Å². The zero-order valence-electron chi connectivity index (χ0n) is 10.6. The van der Waals surface area contributed by atoms with Crippen molar-refractivity contribution in [2.45, 2.75) is 0 Å². The molecule has 0 aromatic heterocycles. The third kappa shape index (κ3) is 3.65. The predicted molar refractivity (Wildman–Crippen MR) is 108 cm³/mol. The van der Waals surface area contributed by atoms with Crippen LogP contribution in [0.5, 0.6) is 0 Å². The summed E-state index contributed by atoms with van der Waals surface area (Å²) in [7, 11) is 1.98. The maximum atomic E-state index is 3.28. The van der Waals surface area contributed by atoms with Crippen molar-refractivity contribution in [2.24, 2.45) is 0 Å². The molecule has 0 unspecified atom stereocenters. The Bertz CT molecular complexity index is 864. The number of rotatable bonds is 1. The van der Waals surface area contributed by atoms with Gasteiger partial charge in [0.15, 0.2) is 0 Å². The van der Waals surface area contributed by atoms with Gasteiger partial charge in [-0.2, -0.15) is 0 Å². The minimum atomic E-state index is 0. The van der Waals surface area contributed by atoms with E-state index < -0.39 is 0 Å². The van der Waals surface area contributed by atoms with Gasteiger partial charge in [-0.25, -0.2) is 0 Å². The molecule has 0 saturated heterocycles. The van der Waals surface area contributed by atoms with Gasteiger partial charge in [0.05, 0.1) is 0 Å². The molecular weight excluding hydrogens is 323 g/mol. The molecule has 1 nitrogen and oxygen atoms in total. The van der Waals surface area contributed by atoms with Crippen LogP contribution < -0.4 is 5.32 Å². The van der Waals surface area contributed by atoms with Gasteiger partial charge >= 0.3 is 88.7 Å². The van der Waals surface area contributed by atoms with Crippen LogP contribution in [0.1, 0.15) is 0 Å². The summed E-state index contributed by atoms with van der Waals surface area (Å²) in [6.07, 6.45) is 0. The Morgan fingerprint density at radius 1 is 0.636 bits per heavy atom. The summed E-state index contributed by atoms with van der Waals surface area (Å²) in [5.74, 6) is 0. The summed E-state index contributed by atoms with van der Waals surface area (Å²) in [5, 5.41) is 11.3. The van der Waals surface area contributed by atoms with Gasteiger partial charge < -0.3 is 5.32 Å². The molecule has 22 heavy (non-hydrogen) atoms. The number of benzene rings is 4. The van der Waals surface area contributed by atoms with Crippen LogP contribution in [0.2, 0.25) is 0 Å². The van der Waals surface area contributed by atoms with E-state index in [1.165, 1.54) is 38.0 Å². The van der Waals surface area contributed by atoms with Crippen LogP contribution in [-0.2, 0) is 0 Å². The molecule has 5 heteroatoms. The van der Waals surface area contributed by atoms with Gasteiger partial charge in [-0.15, -0.1) is 12.4 Å². The molecule has 0 atom stereocenters. The van der Waals surface area contributed by atoms with E-state index in [4.69, 9.17) is 0 Å². The quantitative estimate of drug-likeness (QED) is 0.415. The van der Waals surface area contributed by atoms with E-state index in [9.17, 15) is 0 Å². The molecule has 0 saturated carbocycles. The number of nitrogens with one attached hydrogen (secondary N) is 1. The number of halogens is 1. The van der Waals surface area contributed by atoms with Gasteiger partial charge in [0.2, 0.25) is 0 Å². The van der Waals surface area contributed by atoms with Crippen LogP contribution in [0.25, 0.3) is 32.3 Å². The molecule has 0 spiro atoms. The standard InChI is InChI=1S/C17H13N.ClH.3Na.3H/c1-18-15-10-8-13-6-5-11-3-2-4-12-7-9-14(15)17(13)16(11)12;;;;;;;/h2-10,18H,1H3;1H;;;;;;. The van der Waals surface area contributed by atoms with Crippen molar-refractivity contribution >= 4 is 139 Å². The molecule has 4 aromatic rings. The topological polar surface area (TPSA) is 12.0 Å². The molecule has 0 aliphatic rings. The van der Waals surface area contributed by atoms with Crippen LogP contribution in [0, 0.1) is 0 Å². The van der Waals surface area contributed by atoms with E-state index in [2.05, 4.69) is 59.9 Å². The first-order valence-corrected chi connectivity index (χ1v) is 6.23. The van der Waals surface area contributed by atoms with Crippen molar-refractivity contribution in [2.75, 3.05) is 12.4 Å². The van der Waals surface area contributed by atoms with Crippen molar-refractivity contribution in [1.29, 1.82) is 0 Å². The normalized spacial score (nSPS) is 9.50. The zero-order valence-corrected chi connectivity index (χ0v) is 11.4. The third-order valence-electron chi connectivity index (χ3n) is 3.80. The SMILES string of the molecule is CNc1ccc2ccc3cccc4ccc1c2c34.Cl.[NaH].[NaH].[NaH]. The fourth-order valence-electron chi connectivity index (χ4n) is 2.95. The Hall–Kier alpha value is 1.01. The first kappa shape index (κ1) is 23.0. The predicted octanol–water partition coefficient (Wildman–Crippen LogP) is 3.10. The molecule has 4 rings (SSSR count). The van der Waals surface area contributed by atoms with Gasteiger partial charge in [-0.1, -0.05) is 48.5 Å². The average molecular weight is 340 g/mol. The molecule has 4 aromatic carbocycles.